The Morgan fingerprint density at radius 2 is 1.68 bits per heavy atom. The van der Waals surface area contributed by atoms with Crippen LogP contribution in [0.15, 0.2) is 48.5 Å². The highest BCUT2D eigenvalue weighted by Gasteiger charge is 2.48. The van der Waals surface area contributed by atoms with Crippen LogP contribution in [-0.2, 0) is 20.0 Å². The number of rotatable bonds is 10. The molecule has 62 heavy (non-hydrogen) atoms. The average molecular weight is 861 g/mol. The van der Waals surface area contributed by atoms with E-state index in [2.05, 4.69) is 30.7 Å². The molecule has 6 amide bonds. The van der Waals surface area contributed by atoms with Crippen LogP contribution in [0.25, 0.3) is 10.2 Å². The Labute approximate surface area is 363 Å². The number of thiazole rings is 1. The minimum absolute atomic E-state index is 0.0145. The molecule has 4 N–H and O–H groups in total. The van der Waals surface area contributed by atoms with Crippen LogP contribution in [-0.4, -0.2) is 111 Å². The van der Waals surface area contributed by atoms with E-state index in [1.807, 2.05) is 25.1 Å². The van der Waals surface area contributed by atoms with Crippen LogP contribution >= 0.6 is 11.3 Å². The number of benzene rings is 2. The highest BCUT2D eigenvalue weighted by atomic mass is 32.1. The minimum Gasteiger partial charge on any atom is -0.386 e. The quantitative estimate of drug-likeness (QED) is 0.153. The fraction of sp³-hybridized carbons (Fsp3) is 0.478. The number of likely N-dealkylation sites (tertiary alicyclic amines) is 2. The van der Waals surface area contributed by atoms with E-state index >= 15 is 0 Å². The molecule has 0 bridgehead atoms. The van der Waals surface area contributed by atoms with E-state index in [1.165, 1.54) is 0 Å². The first-order valence-electron chi connectivity index (χ1n) is 21.7. The summed E-state index contributed by atoms with van der Waals surface area (Å²) in [5.74, 6) is -1.89. The summed E-state index contributed by atoms with van der Waals surface area (Å²) in [6, 6.07) is 13.2. The van der Waals surface area contributed by atoms with Gasteiger partial charge in [-0.25, -0.2) is 9.97 Å². The molecule has 0 radical (unpaired) electrons. The zero-order valence-electron chi connectivity index (χ0n) is 35.3. The van der Waals surface area contributed by atoms with Gasteiger partial charge in [0.25, 0.3) is 17.7 Å². The smallest absolute Gasteiger partial charge is 0.274 e. The van der Waals surface area contributed by atoms with Gasteiger partial charge in [-0.2, -0.15) is 0 Å². The summed E-state index contributed by atoms with van der Waals surface area (Å²) in [5, 5.41) is 20.6. The monoisotopic (exact) mass is 860 g/mol. The maximum absolute atomic E-state index is 13.7. The maximum atomic E-state index is 13.7. The summed E-state index contributed by atoms with van der Waals surface area (Å²) in [4.78, 5) is 92.5. The number of carbonyl (C=O) groups excluding carboxylic acids is 6. The molecule has 2 aromatic carbocycles. The van der Waals surface area contributed by atoms with Crippen LogP contribution in [0, 0.1) is 18.3 Å². The van der Waals surface area contributed by atoms with Crippen LogP contribution in [0.5, 0.6) is 0 Å². The standard InChI is InChI=1S/C46H52N8O7S/c1-26-6-4-9-32(48-26)39(56)49-33-23-36-34(22-30(33)45(2,3)61)50-41(62-36)27-10-12-28(13-11-27)42(58)53-24-46(25-53)16-19-52(20-17-46)21-18-47-31-8-5-7-29-38(31)44(60)54(43(29)59)35-14-15-37(55)51-40(35)57/h4-9,22-23,27-28,35,47,61H,10-21,24-25H2,1-3H3,(H,49,56)(H,51,55,57). The van der Waals surface area contributed by atoms with Crippen molar-refractivity contribution < 1.29 is 33.9 Å². The van der Waals surface area contributed by atoms with Crippen LogP contribution in [0.1, 0.15) is 119 Å². The third kappa shape index (κ3) is 7.99. The van der Waals surface area contributed by atoms with Crippen molar-refractivity contribution in [2.75, 3.05) is 49.9 Å². The molecule has 4 fully saturated rings. The second-order valence-corrected chi connectivity index (χ2v) is 19.3. The van der Waals surface area contributed by atoms with E-state index < -0.39 is 35.3 Å². The number of hydrogen-bond acceptors (Lipinski definition) is 12. The van der Waals surface area contributed by atoms with Gasteiger partial charge in [0.1, 0.15) is 11.7 Å². The van der Waals surface area contributed by atoms with Crippen molar-refractivity contribution in [1.29, 1.82) is 0 Å². The predicted molar refractivity (Wildman–Crippen MR) is 233 cm³/mol. The molecule has 15 nitrogen and oxygen atoms in total. The molecule has 5 aliphatic rings. The van der Waals surface area contributed by atoms with Crippen LogP contribution in [0.3, 0.4) is 0 Å². The summed E-state index contributed by atoms with van der Waals surface area (Å²) in [6.45, 7) is 9.98. The van der Waals surface area contributed by atoms with Crippen LogP contribution < -0.4 is 16.0 Å². The number of piperidine rings is 2. The van der Waals surface area contributed by atoms with Gasteiger partial charge in [-0.1, -0.05) is 12.1 Å². The number of aryl methyl sites for hydroxylation is 1. The van der Waals surface area contributed by atoms with Gasteiger partial charge >= 0.3 is 0 Å². The third-order valence-corrected chi connectivity index (χ3v) is 14.7. The number of anilines is 2. The number of nitrogens with zero attached hydrogens (tertiary/aromatic N) is 5. The number of imide groups is 2. The lowest BCUT2D eigenvalue weighted by molar-refractivity contribution is -0.152. The Morgan fingerprint density at radius 3 is 2.39 bits per heavy atom. The minimum atomic E-state index is -1.21. The van der Waals surface area contributed by atoms with Gasteiger partial charge in [0.2, 0.25) is 17.7 Å². The zero-order valence-corrected chi connectivity index (χ0v) is 36.1. The van der Waals surface area contributed by atoms with Gasteiger partial charge in [-0.3, -0.25) is 39.0 Å². The highest BCUT2D eigenvalue weighted by Crippen LogP contribution is 2.45. The molecular formula is C46H52N8O7S. The Balaban J connectivity index is 0.740. The van der Waals surface area contributed by atoms with Crippen molar-refractivity contribution in [3.8, 4) is 0 Å². The Kier molecular flexibility index (Phi) is 11.0. The number of nitrogens with one attached hydrogen (secondary N) is 3. The summed E-state index contributed by atoms with van der Waals surface area (Å²) in [5.41, 5.74) is 2.97. The second kappa shape index (κ2) is 16.3. The molecule has 4 aliphatic heterocycles. The molecule has 1 atom stereocenters. The van der Waals surface area contributed by atoms with Gasteiger partial charge in [0.05, 0.1) is 32.0 Å². The molecule has 6 heterocycles. The van der Waals surface area contributed by atoms with Crippen molar-refractivity contribution in [1.82, 2.24) is 30.0 Å². The van der Waals surface area contributed by atoms with Gasteiger partial charge in [-0.05, 0) is 115 Å². The number of aliphatic hydroxyl groups is 1. The molecule has 4 aromatic rings. The molecule has 16 heteroatoms. The third-order valence-electron chi connectivity index (χ3n) is 13.5. The fourth-order valence-corrected chi connectivity index (χ4v) is 11.1. The van der Waals surface area contributed by atoms with E-state index in [0.29, 0.717) is 29.2 Å². The molecule has 1 spiro atoms. The molecule has 1 aliphatic carbocycles. The van der Waals surface area contributed by atoms with Gasteiger partial charge < -0.3 is 25.5 Å². The molecule has 3 saturated heterocycles. The first kappa shape index (κ1) is 41.8. The zero-order chi connectivity index (χ0) is 43.5. The van der Waals surface area contributed by atoms with Crippen LogP contribution in [0.2, 0.25) is 0 Å². The first-order valence-corrected chi connectivity index (χ1v) is 22.5. The fourth-order valence-electron chi connectivity index (χ4n) is 9.97. The van der Waals surface area contributed by atoms with Crippen LogP contribution in [0.4, 0.5) is 11.4 Å². The van der Waals surface area contributed by atoms with Crippen molar-refractivity contribution in [3.63, 3.8) is 0 Å². The molecule has 1 unspecified atom stereocenters. The van der Waals surface area contributed by atoms with Crippen molar-refractivity contribution in [2.45, 2.75) is 89.7 Å². The Morgan fingerprint density at radius 1 is 0.935 bits per heavy atom. The second-order valence-electron chi connectivity index (χ2n) is 18.3. The molecule has 324 valence electrons. The largest absolute Gasteiger partial charge is 0.386 e. The number of fused-ring (bicyclic) bond motifs is 2. The maximum Gasteiger partial charge on any atom is 0.274 e. The number of aromatic nitrogens is 2. The predicted octanol–water partition coefficient (Wildman–Crippen LogP) is 5.19. The lowest BCUT2D eigenvalue weighted by Crippen LogP contribution is -2.63. The number of amides is 6. The normalized spacial score (nSPS) is 22.7. The first-order chi connectivity index (χ1) is 29.7. The topological polar surface area (TPSA) is 194 Å². The van der Waals surface area contributed by atoms with Crippen molar-refractivity contribution in [2.24, 2.45) is 11.3 Å². The number of pyridine rings is 1. The van der Waals surface area contributed by atoms with E-state index in [-0.39, 0.29) is 53.0 Å². The van der Waals surface area contributed by atoms with Crippen molar-refractivity contribution in [3.05, 3.63) is 81.6 Å². The lowest BCUT2D eigenvalue weighted by Gasteiger charge is -2.55. The average Bonchev–Trinajstić information content (AvgIpc) is 3.77. The summed E-state index contributed by atoms with van der Waals surface area (Å²) in [7, 11) is 0. The summed E-state index contributed by atoms with van der Waals surface area (Å²) < 4.78 is 0.931. The summed E-state index contributed by atoms with van der Waals surface area (Å²) >= 11 is 1.61. The molecule has 1 saturated carbocycles. The molecule has 2 aromatic heterocycles. The van der Waals surface area contributed by atoms with E-state index in [1.54, 1.807) is 55.5 Å². The van der Waals surface area contributed by atoms with E-state index in [4.69, 9.17) is 4.98 Å². The van der Waals surface area contributed by atoms with Crippen molar-refractivity contribution >= 4 is 68.4 Å². The lowest BCUT2D eigenvalue weighted by atomic mass is 9.71. The number of carbonyl (C=O) groups is 6. The molecule has 9 rings (SSSR count). The van der Waals surface area contributed by atoms with E-state index in [9.17, 15) is 33.9 Å². The van der Waals surface area contributed by atoms with Gasteiger partial charge in [-0.15, -0.1) is 11.3 Å². The Bertz CT molecular complexity index is 2490. The summed E-state index contributed by atoms with van der Waals surface area (Å²) in [6.07, 6.45) is 5.62. The SMILES string of the molecule is Cc1cccc(C(=O)Nc2cc3sc(C4CCC(C(=O)N5CC6(CCN(CCNc7cccc8c7C(=O)N(C7CCC(=O)NC7=O)C8=O)CC6)C5)CC4)nc3cc2C(C)(C)O)n1. The number of hydrogen-bond donors (Lipinski definition) is 4. The van der Waals surface area contributed by atoms with Gasteiger partial charge in [0, 0.05) is 72.5 Å². The highest BCUT2D eigenvalue weighted by molar-refractivity contribution is 7.18. The molecular weight excluding hydrogens is 809 g/mol. The van der Waals surface area contributed by atoms with E-state index in [0.717, 1.165) is 97.1 Å². The van der Waals surface area contributed by atoms with Gasteiger partial charge in [0.15, 0.2) is 0 Å². The Hall–Kier alpha value is -5.58.